The number of benzene rings is 1. The summed E-state index contributed by atoms with van der Waals surface area (Å²) < 4.78 is 0. The first kappa shape index (κ1) is 16.2. The molecule has 1 amide bonds. The third kappa shape index (κ3) is 2.72. The minimum atomic E-state index is -0.541. The Labute approximate surface area is 149 Å². The highest BCUT2D eigenvalue weighted by Gasteiger charge is 2.50. The fourth-order valence-electron chi connectivity index (χ4n) is 4.24. The Morgan fingerprint density at radius 3 is 2.76 bits per heavy atom. The van der Waals surface area contributed by atoms with E-state index < -0.39 is 5.66 Å². The molecule has 132 valence electrons. The summed E-state index contributed by atoms with van der Waals surface area (Å²) in [4.78, 5) is 12.9. The number of carbonyl (C=O) groups excluding carboxylic acids is 1. The summed E-state index contributed by atoms with van der Waals surface area (Å²) in [5.41, 5.74) is 6.11. The van der Waals surface area contributed by atoms with Crippen LogP contribution in [-0.2, 0) is 11.2 Å². The lowest BCUT2D eigenvalue weighted by Crippen LogP contribution is -2.66. The quantitative estimate of drug-likeness (QED) is 0.786. The Morgan fingerprint density at radius 2 is 2.08 bits per heavy atom. The summed E-state index contributed by atoms with van der Waals surface area (Å²) in [7, 11) is 0. The molecule has 0 bridgehead atoms. The first-order valence-electron chi connectivity index (χ1n) is 9.18. The molecule has 4 rings (SSSR count). The van der Waals surface area contributed by atoms with Crippen LogP contribution in [0.5, 0.6) is 0 Å². The maximum Gasteiger partial charge on any atom is 0.269 e. The van der Waals surface area contributed by atoms with E-state index in [1.165, 1.54) is 11.1 Å². The van der Waals surface area contributed by atoms with Gasteiger partial charge < -0.3 is 16.1 Å². The van der Waals surface area contributed by atoms with E-state index in [0.29, 0.717) is 5.92 Å². The Balaban J connectivity index is 1.74. The molecule has 25 heavy (non-hydrogen) atoms. The van der Waals surface area contributed by atoms with Crippen molar-refractivity contribution in [1.82, 2.24) is 21.1 Å². The van der Waals surface area contributed by atoms with Gasteiger partial charge in [-0.05, 0) is 36.4 Å². The minimum Gasteiger partial charge on any atom is -0.359 e. The van der Waals surface area contributed by atoms with Crippen molar-refractivity contribution in [2.75, 3.05) is 6.54 Å². The van der Waals surface area contributed by atoms with Crippen molar-refractivity contribution in [3.05, 3.63) is 59.4 Å². The second-order valence-electron chi connectivity index (χ2n) is 7.45. The van der Waals surface area contributed by atoms with Crippen molar-refractivity contribution >= 4 is 5.91 Å². The van der Waals surface area contributed by atoms with Crippen LogP contribution >= 0.6 is 0 Å². The average molecular weight is 338 g/mol. The van der Waals surface area contributed by atoms with Gasteiger partial charge in [0.05, 0.1) is 0 Å². The van der Waals surface area contributed by atoms with Crippen LogP contribution in [0.15, 0.2) is 53.9 Å². The van der Waals surface area contributed by atoms with Crippen LogP contribution in [0.1, 0.15) is 32.3 Å². The topological polar surface area (TPSA) is 56.4 Å². The van der Waals surface area contributed by atoms with Gasteiger partial charge in [0, 0.05) is 30.4 Å². The lowest BCUT2D eigenvalue weighted by atomic mass is 9.84. The summed E-state index contributed by atoms with van der Waals surface area (Å²) in [5, 5.41) is 9.02. The van der Waals surface area contributed by atoms with Gasteiger partial charge in [-0.25, -0.2) is 5.01 Å². The third-order valence-corrected chi connectivity index (χ3v) is 5.42. The maximum absolute atomic E-state index is 12.9. The molecule has 1 fully saturated rings. The van der Waals surface area contributed by atoms with Crippen LogP contribution in [-0.4, -0.2) is 29.2 Å². The zero-order chi connectivity index (χ0) is 17.4. The van der Waals surface area contributed by atoms with Crippen molar-refractivity contribution in [2.24, 2.45) is 5.92 Å². The lowest BCUT2D eigenvalue weighted by molar-refractivity contribution is -0.135. The first-order valence-corrected chi connectivity index (χ1v) is 9.18. The number of nitrogens with one attached hydrogen (secondary N) is 3. The van der Waals surface area contributed by atoms with Gasteiger partial charge in [-0.3, -0.25) is 4.79 Å². The Morgan fingerprint density at radius 1 is 1.28 bits per heavy atom. The Hall–Kier alpha value is -2.27. The number of hydrogen-bond donors (Lipinski definition) is 3. The molecule has 3 aliphatic heterocycles. The van der Waals surface area contributed by atoms with Crippen LogP contribution < -0.4 is 16.1 Å². The molecule has 3 heterocycles. The highest BCUT2D eigenvalue weighted by Crippen LogP contribution is 2.38. The van der Waals surface area contributed by atoms with E-state index in [4.69, 9.17) is 0 Å². The van der Waals surface area contributed by atoms with Crippen molar-refractivity contribution in [3.63, 3.8) is 0 Å². The predicted molar refractivity (Wildman–Crippen MR) is 98.0 cm³/mol. The lowest BCUT2D eigenvalue weighted by Gasteiger charge is -2.46. The Bertz CT molecular complexity index is 718. The first-order chi connectivity index (χ1) is 12.1. The zero-order valence-electron chi connectivity index (χ0n) is 14.9. The maximum atomic E-state index is 12.9. The van der Waals surface area contributed by atoms with Gasteiger partial charge in [0.25, 0.3) is 5.91 Å². The highest BCUT2D eigenvalue weighted by molar-refractivity contribution is 5.91. The largest absolute Gasteiger partial charge is 0.359 e. The molecule has 0 aromatic heterocycles. The number of rotatable bonds is 4. The molecule has 0 spiro atoms. The van der Waals surface area contributed by atoms with Crippen LogP contribution in [0.4, 0.5) is 0 Å². The minimum absolute atomic E-state index is 0.0188. The van der Waals surface area contributed by atoms with Crippen molar-refractivity contribution in [1.29, 1.82) is 0 Å². The van der Waals surface area contributed by atoms with E-state index in [0.717, 1.165) is 31.5 Å². The van der Waals surface area contributed by atoms with E-state index in [2.05, 4.69) is 54.2 Å². The number of fused-ring (bicyclic) bond motifs is 1. The van der Waals surface area contributed by atoms with E-state index in [1.54, 1.807) is 11.1 Å². The van der Waals surface area contributed by atoms with E-state index in [1.807, 2.05) is 12.3 Å². The monoisotopic (exact) mass is 338 g/mol. The molecule has 1 saturated heterocycles. The standard InChI is InChI=1S/C20H26N4O/c1-14(2)16-13-22-24-19(25)11-18(17-9-6-10-21-17)23-20(16,24)12-15-7-4-3-5-8-15/h3-5,7-8,11,13-14,17,21-23H,6,9-10,12H2,1-2H3. The van der Waals surface area contributed by atoms with Gasteiger partial charge in [0.2, 0.25) is 0 Å². The number of hydrogen-bond acceptors (Lipinski definition) is 4. The normalized spacial score (nSPS) is 28.4. The van der Waals surface area contributed by atoms with Gasteiger partial charge in [0.15, 0.2) is 5.66 Å². The SMILES string of the molecule is CC(C)C1=CNN2C(=O)C=C(C3CCCN3)NC12Cc1ccccc1. The van der Waals surface area contributed by atoms with Crippen molar-refractivity contribution in [3.8, 4) is 0 Å². The van der Waals surface area contributed by atoms with Crippen LogP contribution in [0.25, 0.3) is 0 Å². The summed E-state index contributed by atoms with van der Waals surface area (Å²) in [5.74, 6) is 0.350. The van der Waals surface area contributed by atoms with Gasteiger partial charge in [-0.1, -0.05) is 44.2 Å². The fourth-order valence-corrected chi connectivity index (χ4v) is 4.24. The van der Waals surface area contributed by atoms with Crippen molar-refractivity contribution in [2.45, 2.75) is 44.8 Å². The summed E-state index contributed by atoms with van der Waals surface area (Å²) in [6.07, 6.45) is 6.70. The average Bonchev–Trinajstić information content (AvgIpc) is 3.23. The summed E-state index contributed by atoms with van der Waals surface area (Å²) in [6.45, 7) is 5.38. The molecule has 2 atom stereocenters. The molecule has 5 heteroatoms. The molecule has 0 saturated carbocycles. The predicted octanol–water partition coefficient (Wildman–Crippen LogP) is 2.05. The summed E-state index contributed by atoms with van der Waals surface area (Å²) >= 11 is 0. The molecule has 1 aromatic carbocycles. The van der Waals surface area contributed by atoms with Crippen LogP contribution in [0, 0.1) is 5.92 Å². The molecule has 1 aromatic rings. The summed E-state index contributed by atoms with van der Waals surface area (Å²) in [6, 6.07) is 10.6. The zero-order valence-corrected chi connectivity index (χ0v) is 14.9. The molecule has 2 unspecified atom stereocenters. The van der Waals surface area contributed by atoms with Crippen LogP contribution in [0.2, 0.25) is 0 Å². The second-order valence-corrected chi connectivity index (χ2v) is 7.45. The van der Waals surface area contributed by atoms with Gasteiger partial charge in [0.1, 0.15) is 0 Å². The molecule has 3 N–H and O–H groups in total. The Kier molecular flexibility index (Phi) is 4.04. The van der Waals surface area contributed by atoms with E-state index in [-0.39, 0.29) is 11.9 Å². The fraction of sp³-hybridized carbons (Fsp3) is 0.450. The van der Waals surface area contributed by atoms with Crippen LogP contribution in [0.3, 0.4) is 0 Å². The second kappa shape index (κ2) is 6.23. The molecule has 0 aliphatic carbocycles. The number of amides is 1. The molecular formula is C20H26N4O. The molecular weight excluding hydrogens is 312 g/mol. The third-order valence-electron chi connectivity index (χ3n) is 5.42. The van der Waals surface area contributed by atoms with E-state index >= 15 is 0 Å². The number of carbonyl (C=O) groups is 1. The molecule has 3 aliphatic rings. The molecule has 0 radical (unpaired) electrons. The van der Waals surface area contributed by atoms with Gasteiger partial charge >= 0.3 is 0 Å². The number of nitrogens with zero attached hydrogens (tertiary/aromatic N) is 1. The van der Waals surface area contributed by atoms with Crippen molar-refractivity contribution < 1.29 is 4.79 Å². The van der Waals surface area contributed by atoms with E-state index in [9.17, 15) is 4.79 Å². The number of hydrazine groups is 1. The molecule has 5 nitrogen and oxygen atoms in total. The van der Waals surface area contributed by atoms with Gasteiger partial charge in [-0.15, -0.1) is 0 Å². The highest BCUT2D eigenvalue weighted by atomic mass is 16.2. The smallest absolute Gasteiger partial charge is 0.269 e. The van der Waals surface area contributed by atoms with Gasteiger partial charge in [-0.2, -0.15) is 0 Å².